The van der Waals surface area contributed by atoms with Crippen LogP contribution in [-0.4, -0.2) is 39.3 Å². The SMILES string of the molecule is Fc1cccc(-n2ccc(CN3CCNCC3c3ccncc3)n2)c1. The Hall–Kier alpha value is -2.57. The van der Waals surface area contributed by atoms with Gasteiger partial charge in [-0.2, -0.15) is 5.10 Å². The molecule has 0 amide bonds. The van der Waals surface area contributed by atoms with Crippen molar-refractivity contribution in [1.82, 2.24) is 25.0 Å². The maximum absolute atomic E-state index is 13.4. The summed E-state index contributed by atoms with van der Waals surface area (Å²) in [7, 11) is 0. The van der Waals surface area contributed by atoms with Crippen molar-refractivity contribution in [1.29, 1.82) is 0 Å². The summed E-state index contributed by atoms with van der Waals surface area (Å²) in [6, 6.07) is 12.9. The number of rotatable bonds is 4. The van der Waals surface area contributed by atoms with E-state index in [0.717, 1.165) is 37.6 Å². The highest BCUT2D eigenvalue weighted by Gasteiger charge is 2.24. The minimum Gasteiger partial charge on any atom is -0.314 e. The maximum atomic E-state index is 13.4. The van der Waals surface area contributed by atoms with Crippen molar-refractivity contribution in [3.05, 3.63) is 78.1 Å². The van der Waals surface area contributed by atoms with E-state index in [-0.39, 0.29) is 5.82 Å². The van der Waals surface area contributed by atoms with Crippen LogP contribution in [0.25, 0.3) is 5.69 Å². The average molecular weight is 337 g/mol. The van der Waals surface area contributed by atoms with Gasteiger partial charge >= 0.3 is 0 Å². The van der Waals surface area contributed by atoms with Crippen molar-refractivity contribution in [2.24, 2.45) is 0 Å². The van der Waals surface area contributed by atoms with Crippen molar-refractivity contribution >= 4 is 0 Å². The van der Waals surface area contributed by atoms with E-state index in [4.69, 9.17) is 0 Å². The molecule has 0 saturated carbocycles. The smallest absolute Gasteiger partial charge is 0.125 e. The Morgan fingerprint density at radius 1 is 1.16 bits per heavy atom. The van der Waals surface area contributed by atoms with Gasteiger partial charge in [0.15, 0.2) is 0 Å². The lowest BCUT2D eigenvalue weighted by molar-refractivity contribution is 0.151. The third-order valence-corrected chi connectivity index (χ3v) is 4.53. The van der Waals surface area contributed by atoms with E-state index in [1.807, 2.05) is 30.7 Å². The van der Waals surface area contributed by atoms with Crippen LogP contribution in [-0.2, 0) is 6.54 Å². The molecule has 1 saturated heterocycles. The van der Waals surface area contributed by atoms with E-state index in [1.165, 1.54) is 17.7 Å². The molecule has 3 aromatic rings. The van der Waals surface area contributed by atoms with E-state index in [0.29, 0.717) is 6.04 Å². The maximum Gasteiger partial charge on any atom is 0.125 e. The number of benzene rings is 1. The zero-order chi connectivity index (χ0) is 17.1. The second-order valence-electron chi connectivity index (χ2n) is 6.20. The van der Waals surface area contributed by atoms with Crippen molar-refractivity contribution in [3.8, 4) is 5.69 Å². The number of piperazine rings is 1. The Bertz CT molecular complexity index is 833. The van der Waals surface area contributed by atoms with Gasteiger partial charge < -0.3 is 5.32 Å². The Balaban J connectivity index is 1.53. The van der Waals surface area contributed by atoms with Gasteiger partial charge in [0.25, 0.3) is 0 Å². The minimum absolute atomic E-state index is 0.255. The molecule has 0 aliphatic carbocycles. The highest BCUT2D eigenvalue weighted by Crippen LogP contribution is 2.23. The number of hydrogen-bond acceptors (Lipinski definition) is 4. The first-order valence-corrected chi connectivity index (χ1v) is 8.45. The molecule has 128 valence electrons. The van der Waals surface area contributed by atoms with Crippen LogP contribution in [0.15, 0.2) is 61.1 Å². The molecule has 3 heterocycles. The molecule has 0 bridgehead atoms. The minimum atomic E-state index is -0.255. The van der Waals surface area contributed by atoms with Gasteiger partial charge in [0, 0.05) is 50.8 Å². The van der Waals surface area contributed by atoms with Gasteiger partial charge in [0.2, 0.25) is 0 Å². The third-order valence-electron chi connectivity index (χ3n) is 4.53. The van der Waals surface area contributed by atoms with E-state index >= 15 is 0 Å². The summed E-state index contributed by atoms with van der Waals surface area (Å²) >= 11 is 0. The molecule has 1 fully saturated rings. The van der Waals surface area contributed by atoms with Gasteiger partial charge in [-0.3, -0.25) is 9.88 Å². The molecule has 2 aromatic heterocycles. The predicted octanol–water partition coefficient (Wildman–Crippen LogP) is 2.55. The Kier molecular flexibility index (Phi) is 4.54. The highest BCUT2D eigenvalue weighted by molar-refractivity contribution is 5.31. The fourth-order valence-electron chi connectivity index (χ4n) is 3.27. The second-order valence-corrected chi connectivity index (χ2v) is 6.20. The molecule has 0 spiro atoms. The number of nitrogens with zero attached hydrogens (tertiary/aromatic N) is 4. The summed E-state index contributed by atoms with van der Waals surface area (Å²) in [5.74, 6) is -0.255. The van der Waals surface area contributed by atoms with Crippen LogP contribution in [0.1, 0.15) is 17.3 Å². The first kappa shape index (κ1) is 15.9. The third kappa shape index (κ3) is 3.60. The van der Waals surface area contributed by atoms with E-state index in [2.05, 4.69) is 32.4 Å². The number of pyridine rings is 1. The van der Waals surface area contributed by atoms with E-state index in [9.17, 15) is 4.39 Å². The van der Waals surface area contributed by atoms with Crippen LogP contribution in [0.3, 0.4) is 0 Å². The largest absolute Gasteiger partial charge is 0.314 e. The summed E-state index contributed by atoms with van der Waals surface area (Å²) in [5, 5.41) is 8.08. The zero-order valence-corrected chi connectivity index (χ0v) is 13.8. The molecular formula is C19H20FN5. The standard InChI is InChI=1S/C19H20FN5/c20-16-2-1-3-18(12-16)25-10-6-17(23-25)14-24-11-9-22-13-19(24)15-4-7-21-8-5-15/h1-8,10,12,19,22H,9,11,13-14H2. The summed E-state index contributed by atoms with van der Waals surface area (Å²) in [6.07, 6.45) is 5.55. The first-order valence-electron chi connectivity index (χ1n) is 8.45. The second kappa shape index (κ2) is 7.13. The van der Waals surface area contributed by atoms with Crippen LogP contribution in [0, 0.1) is 5.82 Å². The summed E-state index contributed by atoms with van der Waals surface area (Å²) in [6.45, 7) is 3.59. The molecule has 1 aliphatic rings. The van der Waals surface area contributed by atoms with Gasteiger partial charge in [-0.1, -0.05) is 6.07 Å². The molecule has 1 aliphatic heterocycles. The van der Waals surface area contributed by atoms with Gasteiger partial charge in [-0.25, -0.2) is 9.07 Å². The lowest BCUT2D eigenvalue weighted by atomic mass is 10.0. The summed E-state index contributed by atoms with van der Waals surface area (Å²) in [5.41, 5.74) is 2.97. The monoisotopic (exact) mass is 337 g/mol. The average Bonchev–Trinajstić information content (AvgIpc) is 3.12. The molecule has 5 nitrogen and oxygen atoms in total. The normalized spacial score (nSPS) is 18.4. The summed E-state index contributed by atoms with van der Waals surface area (Å²) < 4.78 is 15.1. The van der Waals surface area contributed by atoms with Crippen LogP contribution in [0.2, 0.25) is 0 Å². The van der Waals surface area contributed by atoms with Gasteiger partial charge in [0.1, 0.15) is 5.82 Å². The summed E-state index contributed by atoms with van der Waals surface area (Å²) in [4.78, 5) is 6.53. The predicted molar refractivity (Wildman–Crippen MR) is 93.8 cm³/mol. The fraction of sp³-hybridized carbons (Fsp3) is 0.263. The number of hydrogen-bond donors (Lipinski definition) is 1. The topological polar surface area (TPSA) is 46.0 Å². The fourth-order valence-corrected chi connectivity index (χ4v) is 3.27. The van der Waals surface area contributed by atoms with Crippen molar-refractivity contribution < 1.29 is 4.39 Å². The van der Waals surface area contributed by atoms with Gasteiger partial charge in [0.05, 0.1) is 11.4 Å². The van der Waals surface area contributed by atoms with Gasteiger partial charge in [-0.15, -0.1) is 0 Å². The lowest BCUT2D eigenvalue weighted by Crippen LogP contribution is -2.45. The molecule has 25 heavy (non-hydrogen) atoms. The lowest BCUT2D eigenvalue weighted by Gasteiger charge is -2.36. The molecule has 4 rings (SSSR count). The Labute approximate surface area is 146 Å². The molecule has 1 atom stereocenters. The van der Waals surface area contributed by atoms with Crippen LogP contribution >= 0.6 is 0 Å². The number of aromatic nitrogens is 3. The molecule has 0 radical (unpaired) electrons. The zero-order valence-electron chi connectivity index (χ0n) is 13.8. The Morgan fingerprint density at radius 2 is 2.04 bits per heavy atom. The number of nitrogens with one attached hydrogen (secondary N) is 1. The molecule has 1 aromatic carbocycles. The van der Waals surface area contributed by atoms with E-state index in [1.54, 1.807) is 10.7 Å². The molecule has 1 unspecified atom stereocenters. The number of halogens is 1. The molecular weight excluding hydrogens is 317 g/mol. The first-order chi connectivity index (χ1) is 12.3. The van der Waals surface area contributed by atoms with Crippen LogP contribution in [0.4, 0.5) is 4.39 Å². The molecule has 6 heteroatoms. The Morgan fingerprint density at radius 3 is 2.88 bits per heavy atom. The van der Waals surface area contributed by atoms with Crippen molar-refractivity contribution in [2.75, 3.05) is 19.6 Å². The van der Waals surface area contributed by atoms with Crippen LogP contribution in [0.5, 0.6) is 0 Å². The van der Waals surface area contributed by atoms with E-state index < -0.39 is 0 Å². The van der Waals surface area contributed by atoms with Crippen LogP contribution < -0.4 is 5.32 Å². The van der Waals surface area contributed by atoms with Gasteiger partial charge in [-0.05, 0) is 42.0 Å². The highest BCUT2D eigenvalue weighted by atomic mass is 19.1. The van der Waals surface area contributed by atoms with Crippen molar-refractivity contribution in [2.45, 2.75) is 12.6 Å². The quantitative estimate of drug-likeness (QED) is 0.795. The van der Waals surface area contributed by atoms with Crippen molar-refractivity contribution in [3.63, 3.8) is 0 Å². The molecule has 1 N–H and O–H groups in total.